The number of hydrogen-bond acceptors (Lipinski definition) is 7. The molecule has 7 nitrogen and oxygen atoms in total. The summed E-state index contributed by atoms with van der Waals surface area (Å²) in [5.74, 6) is 2.14. The van der Waals surface area contributed by atoms with E-state index in [9.17, 15) is 0 Å². The van der Waals surface area contributed by atoms with Crippen LogP contribution in [0.4, 0.5) is 5.82 Å². The second-order valence-corrected chi connectivity index (χ2v) is 7.62. The number of ether oxygens (including phenoxy) is 2. The first-order valence-corrected chi connectivity index (χ1v) is 9.48. The van der Waals surface area contributed by atoms with Crippen LogP contribution in [0.2, 0.25) is 0 Å². The summed E-state index contributed by atoms with van der Waals surface area (Å²) in [6.07, 6.45) is 5.72. The standard InChI is InChI=1S/C20H27N5O2/c1-24-8-6-16(11-27-12-17-5-3-4-7-21-17)10-20(24)13-25(14-20)18-9-19(26-2)23-15-22-18/h3-5,7,9,15-16H,6,8,10-14H2,1-2H3/t16-/m1/s1. The van der Waals surface area contributed by atoms with Crippen molar-refractivity contribution in [1.82, 2.24) is 19.9 Å². The zero-order valence-corrected chi connectivity index (χ0v) is 16.0. The van der Waals surface area contributed by atoms with Crippen molar-refractivity contribution < 1.29 is 9.47 Å². The highest BCUT2D eigenvalue weighted by atomic mass is 16.5. The van der Waals surface area contributed by atoms with Gasteiger partial charge in [-0.1, -0.05) is 6.07 Å². The van der Waals surface area contributed by atoms with E-state index in [1.54, 1.807) is 13.4 Å². The molecule has 144 valence electrons. The third-order valence-corrected chi connectivity index (χ3v) is 5.81. The minimum Gasteiger partial charge on any atom is -0.481 e. The van der Waals surface area contributed by atoms with Gasteiger partial charge in [0.1, 0.15) is 12.1 Å². The Hall–Kier alpha value is -2.25. The van der Waals surface area contributed by atoms with Gasteiger partial charge < -0.3 is 14.4 Å². The molecular formula is C20H27N5O2. The second-order valence-electron chi connectivity index (χ2n) is 7.62. The lowest BCUT2D eigenvalue weighted by molar-refractivity contribution is -0.0159. The number of pyridine rings is 1. The van der Waals surface area contributed by atoms with Crippen LogP contribution in [0.3, 0.4) is 0 Å². The van der Waals surface area contributed by atoms with E-state index in [0.29, 0.717) is 18.4 Å². The molecule has 0 bridgehead atoms. The first-order chi connectivity index (χ1) is 13.2. The largest absolute Gasteiger partial charge is 0.481 e. The molecule has 1 spiro atoms. The van der Waals surface area contributed by atoms with Crippen molar-refractivity contribution in [2.75, 3.05) is 45.3 Å². The van der Waals surface area contributed by atoms with Gasteiger partial charge in [0.15, 0.2) is 0 Å². The first kappa shape index (κ1) is 18.1. The van der Waals surface area contributed by atoms with Crippen LogP contribution in [0.1, 0.15) is 18.5 Å². The second kappa shape index (κ2) is 7.78. The molecule has 1 atom stereocenters. The summed E-state index contributed by atoms with van der Waals surface area (Å²) in [5.41, 5.74) is 1.21. The predicted octanol–water partition coefficient (Wildman–Crippen LogP) is 2.00. The molecule has 0 aliphatic carbocycles. The normalized spacial score (nSPS) is 21.9. The number of rotatable bonds is 6. The van der Waals surface area contributed by atoms with Crippen molar-refractivity contribution in [3.63, 3.8) is 0 Å². The van der Waals surface area contributed by atoms with E-state index in [2.05, 4.69) is 31.8 Å². The van der Waals surface area contributed by atoms with Gasteiger partial charge in [-0.25, -0.2) is 9.97 Å². The third kappa shape index (κ3) is 3.89. The highest BCUT2D eigenvalue weighted by Gasteiger charge is 2.49. The summed E-state index contributed by atoms with van der Waals surface area (Å²) < 4.78 is 11.2. The van der Waals surface area contributed by atoms with Crippen molar-refractivity contribution >= 4 is 5.82 Å². The molecular weight excluding hydrogens is 342 g/mol. The van der Waals surface area contributed by atoms with E-state index in [1.165, 1.54) is 6.42 Å². The third-order valence-electron chi connectivity index (χ3n) is 5.81. The summed E-state index contributed by atoms with van der Waals surface area (Å²) in [4.78, 5) is 17.6. The van der Waals surface area contributed by atoms with Crippen molar-refractivity contribution in [2.45, 2.75) is 25.0 Å². The number of anilines is 1. The monoisotopic (exact) mass is 369 g/mol. The molecule has 0 saturated carbocycles. The van der Waals surface area contributed by atoms with Crippen molar-refractivity contribution in [3.8, 4) is 5.88 Å². The highest BCUT2D eigenvalue weighted by molar-refractivity contribution is 5.46. The van der Waals surface area contributed by atoms with Gasteiger partial charge in [-0.3, -0.25) is 9.88 Å². The minimum atomic E-state index is 0.218. The van der Waals surface area contributed by atoms with Gasteiger partial charge in [-0.15, -0.1) is 0 Å². The molecule has 2 aromatic rings. The Morgan fingerprint density at radius 1 is 1.22 bits per heavy atom. The lowest BCUT2D eigenvalue weighted by atomic mass is 9.75. The maximum Gasteiger partial charge on any atom is 0.218 e. The molecule has 4 rings (SSSR count). The van der Waals surface area contributed by atoms with Gasteiger partial charge in [0, 0.05) is 25.4 Å². The SMILES string of the molecule is COc1cc(N2CC3(C[C@H](COCc4ccccn4)CCN3C)C2)ncn1. The van der Waals surface area contributed by atoms with Crippen LogP contribution in [0.15, 0.2) is 36.8 Å². The number of likely N-dealkylation sites (tertiary alicyclic amines) is 1. The van der Waals surface area contributed by atoms with E-state index in [1.807, 2.05) is 30.5 Å². The zero-order chi connectivity index (χ0) is 18.7. The molecule has 2 saturated heterocycles. The molecule has 2 aliphatic rings. The molecule has 27 heavy (non-hydrogen) atoms. The molecule has 2 fully saturated rings. The van der Waals surface area contributed by atoms with Gasteiger partial charge in [-0.05, 0) is 44.5 Å². The number of aromatic nitrogens is 3. The van der Waals surface area contributed by atoms with Crippen LogP contribution in [0.25, 0.3) is 0 Å². The Bertz CT molecular complexity index is 751. The fraction of sp³-hybridized carbons (Fsp3) is 0.550. The topological polar surface area (TPSA) is 63.6 Å². The molecule has 0 unspecified atom stereocenters. The summed E-state index contributed by atoms with van der Waals surface area (Å²) in [6, 6.07) is 7.85. The fourth-order valence-corrected chi connectivity index (χ4v) is 4.18. The molecule has 0 N–H and O–H groups in total. The van der Waals surface area contributed by atoms with Crippen molar-refractivity contribution in [3.05, 3.63) is 42.5 Å². The van der Waals surface area contributed by atoms with E-state index in [0.717, 1.165) is 44.2 Å². The Kier molecular flexibility index (Phi) is 5.22. The number of likely N-dealkylation sites (N-methyl/N-ethyl adjacent to an activating group) is 1. The Morgan fingerprint density at radius 2 is 2.11 bits per heavy atom. The van der Waals surface area contributed by atoms with E-state index < -0.39 is 0 Å². The summed E-state index contributed by atoms with van der Waals surface area (Å²) in [5, 5.41) is 0. The average Bonchev–Trinajstić information content (AvgIpc) is 2.68. The van der Waals surface area contributed by atoms with Gasteiger partial charge in [0.25, 0.3) is 0 Å². The van der Waals surface area contributed by atoms with Crippen LogP contribution >= 0.6 is 0 Å². The molecule has 2 aliphatic heterocycles. The number of hydrogen-bond donors (Lipinski definition) is 0. The summed E-state index contributed by atoms with van der Waals surface area (Å²) in [7, 11) is 3.87. The highest BCUT2D eigenvalue weighted by Crippen LogP contribution is 2.40. The van der Waals surface area contributed by atoms with Gasteiger partial charge >= 0.3 is 0 Å². The maximum absolute atomic E-state index is 5.97. The van der Waals surface area contributed by atoms with E-state index in [-0.39, 0.29) is 5.54 Å². The summed E-state index contributed by atoms with van der Waals surface area (Å²) >= 11 is 0. The number of methoxy groups -OCH3 is 1. The lowest BCUT2D eigenvalue weighted by Crippen LogP contribution is -2.72. The zero-order valence-electron chi connectivity index (χ0n) is 16.0. The smallest absolute Gasteiger partial charge is 0.218 e. The van der Waals surface area contributed by atoms with Crippen molar-refractivity contribution in [1.29, 1.82) is 0 Å². The van der Waals surface area contributed by atoms with Crippen LogP contribution in [0, 0.1) is 5.92 Å². The van der Waals surface area contributed by atoms with Crippen molar-refractivity contribution in [2.24, 2.45) is 5.92 Å². The molecule has 0 amide bonds. The quantitative estimate of drug-likeness (QED) is 0.772. The fourth-order valence-electron chi connectivity index (χ4n) is 4.18. The van der Waals surface area contributed by atoms with Gasteiger partial charge in [0.2, 0.25) is 5.88 Å². The first-order valence-electron chi connectivity index (χ1n) is 9.48. The van der Waals surface area contributed by atoms with Gasteiger partial charge in [-0.2, -0.15) is 0 Å². The molecule has 0 aromatic carbocycles. The minimum absolute atomic E-state index is 0.218. The summed E-state index contributed by atoms with van der Waals surface area (Å²) in [6.45, 7) is 4.47. The Balaban J connectivity index is 1.32. The predicted molar refractivity (Wildman–Crippen MR) is 103 cm³/mol. The molecule has 0 radical (unpaired) electrons. The van der Waals surface area contributed by atoms with Crippen LogP contribution in [-0.4, -0.2) is 65.8 Å². The van der Waals surface area contributed by atoms with Crippen LogP contribution in [-0.2, 0) is 11.3 Å². The Morgan fingerprint density at radius 3 is 2.89 bits per heavy atom. The maximum atomic E-state index is 5.97. The number of nitrogens with zero attached hydrogens (tertiary/aromatic N) is 5. The van der Waals surface area contributed by atoms with E-state index >= 15 is 0 Å². The van der Waals surface area contributed by atoms with E-state index in [4.69, 9.17) is 9.47 Å². The molecule has 4 heterocycles. The lowest BCUT2D eigenvalue weighted by Gasteiger charge is -2.59. The Labute approximate surface area is 160 Å². The van der Waals surface area contributed by atoms with Gasteiger partial charge in [0.05, 0.1) is 31.6 Å². The molecule has 2 aromatic heterocycles. The molecule has 7 heteroatoms. The number of piperidine rings is 1. The van der Waals surface area contributed by atoms with Crippen LogP contribution in [0.5, 0.6) is 5.88 Å². The van der Waals surface area contributed by atoms with Crippen LogP contribution < -0.4 is 9.64 Å². The average molecular weight is 369 g/mol.